The van der Waals surface area contributed by atoms with E-state index in [1.54, 1.807) is 55.6 Å². The first-order valence-electron chi connectivity index (χ1n) is 26.1. The minimum absolute atomic E-state index is 0.0177. The molecule has 10 rings (SSSR count). The number of benzene rings is 4. The normalized spacial score (nSPS) is 16.9. The number of alkyl halides is 3. The van der Waals surface area contributed by atoms with Crippen molar-refractivity contribution in [1.82, 2.24) is 24.6 Å². The summed E-state index contributed by atoms with van der Waals surface area (Å²) in [5, 5.41) is 10.3. The van der Waals surface area contributed by atoms with Crippen LogP contribution in [0.2, 0.25) is 0 Å². The van der Waals surface area contributed by atoms with Gasteiger partial charge in [-0.1, -0.05) is 26.0 Å². The lowest BCUT2D eigenvalue weighted by Gasteiger charge is -2.38. The molecule has 0 unspecified atom stereocenters. The van der Waals surface area contributed by atoms with Crippen molar-refractivity contribution in [2.75, 3.05) is 77.4 Å². The highest BCUT2D eigenvalue weighted by molar-refractivity contribution is 7.92. The van der Waals surface area contributed by atoms with Crippen molar-refractivity contribution in [2.45, 2.75) is 65.5 Å². The van der Waals surface area contributed by atoms with Crippen LogP contribution in [-0.4, -0.2) is 109 Å². The molecule has 4 aliphatic rings. The number of rotatable bonds is 14. The van der Waals surface area contributed by atoms with E-state index in [1.165, 1.54) is 29.3 Å². The molecule has 1 aliphatic carbocycles. The summed E-state index contributed by atoms with van der Waals surface area (Å²) in [6, 6.07) is 23.6. The van der Waals surface area contributed by atoms with Gasteiger partial charge in [0.05, 0.1) is 70.8 Å². The Labute approximate surface area is 454 Å². The van der Waals surface area contributed by atoms with Gasteiger partial charge in [-0.05, 0) is 117 Å². The zero-order chi connectivity index (χ0) is 56.1. The van der Waals surface area contributed by atoms with Crippen molar-refractivity contribution in [3.8, 4) is 17.2 Å². The molecule has 3 aliphatic heterocycles. The number of primary amides is 1. The molecule has 3 amide bonds. The maximum Gasteiger partial charge on any atom is 0.435 e. The maximum atomic E-state index is 14.2. The van der Waals surface area contributed by atoms with Crippen LogP contribution >= 0.6 is 0 Å². The number of para-hydroxylation sites is 1. The molecule has 2 saturated heterocycles. The molecular formula is C56H60F3N11O8S. The van der Waals surface area contributed by atoms with E-state index in [0.29, 0.717) is 75.1 Å². The number of likely N-dealkylation sites (tertiary alicyclic amines) is 1. The van der Waals surface area contributed by atoms with E-state index < -0.39 is 50.5 Å². The molecule has 2 aromatic heterocycles. The predicted molar refractivity (Wildman–Crippen MR) is 292 cm³/mol. The molecule has 2 fully saturated rings. The van der Waals surface area contributed by atoms with Gasteiger partial charge >= 0.3 is 6.18 Å². The highest BCUT2D eigenvalue weighted by Gasteiger charge is 2.46. The van der Waals surface area contributed by atoms with Crippen molar-refractivity contribution in [3.05, 3.63) is 119 Å². The number of amides is 3. The van der Waals surface area contributed by atoms with E-state index in [4.69, 9.17) is 15.2 Å². The quantitative estimate of drug-likeness (QED) is 0.0925. The summed E-state index contributed by atoms with van der Waals surface area (Å²) in [6.45, 7) is 8.90. The Morgan fingerprint density at radius 2 is 1.56 bits per heavy atom. The van der Waals surface area contributed by atoms with Crippen molar-refractivity contribution in [3.63, 3.8) is 0 Å². The number of Topliss-reactive ketones (excluding diaryl/α,β-unsaturated/α-hetero) is 1. The first-order valence-corrected chi connectivity index (χ1v) is 27.9. The zero-order valence-electron chi connectivity index (χ0n) is 44.3. The number of ether oxygens (including phenoxy) is 2. The van der Waals surface area contributed by atoms with Crippen LogP contribution in [0.15, 0.2) is 91.1 Å². The van der Waals surface area contributed by atoms with Crippen LogP contribution in [0.3, 0.4) is 0 Å². The number of nitrogens with two attached hydrogens (primary N) is 1. The second-order valence-electron chi connectivity index (χ2n) is 21.2. The summed E-state index contributed by atoms with van der Waals surface area (Å²) in [6.07, 6.45) is 0.695. The molecule has 0 bridgehead atoms. The van der Waals surface area contributed by atoms with E-state index >= 15 is 0 Å². The van der Waals surface area contributed by atoms with Crippen LogP contribution < -0.4 is 39.9 Å². The lowest BCUT2D eigenvalue weighted by molar-refractivity contribution is -0.141. The summed E-state index contributed by atoms with van der Waals surface area (Å²) < 4.78 is 83.4. The van der Waals surface area contributed by atoms with Crippen LogP contribution in [0, 0.1) is 17.3 Å². The van der Waals surface area contributed by atoms with Gasteiger partial charge in [0.25, 0.3) is 11.8 Å². The number of nitrogens with one attached hydrogen (secondary N) is 2. The monoisotopic (exact) mass is 1100 g/mol. The Balaban J connectivity index is 0.722. The van der Waals surface area contributed by atoms with Crippen LogP contribution in [0.5, 0.6) is 11.5 Å². The second kappa shape index (κ2) is 21.2. The molecule has 5 heterocycles. The van der Waals surface area contributed by atoms with E-state index in [2.05, 4.69) is 30.6 Å². The second-order valence-corrected chi connectivity index (χ2v) is 23.0. The number of piperidine rings is 2. The zero-order valence-corrected chi connectivity index (χ0v) is 45.1. The predicted octanol–water partition coefficient (Wildman–Crippen LogP) is 9.04. The van der Waals surface area contributed by atoms with Crippen LogP contribution in [0.25, 0.3) is 5.69 Å². The molecule has 0 spiro atoms. The number of carbonyl (C=O) groups is 4. The Bertz CT molecular complexity index is 3480. The minimum Gasteiger partial charge on any atom is -0.493 e. The average molecular weight is 1100 g/mol. The fraction of sp³-hybridized carbons (Fsp3) is 0.375. The van der Waals surface area contributed by atoms with E-state index in [0.717, 1.165) is 33.8 Å². The fourth-order valence-electron chi connectivity index (χ4n) is 10.9. The van der Waals surface area contributed by atoms with Gasteiger partial charge in [-0.2, -0.15) is 23.3 Å². The van der Waals surface area contributed by atoms with Gasteiger partial charge in [-0.25, -0.2) is 22.4 Å². The van der Waals surface area contributed by atoms with Gasteiger partial charge < -0.3 is 40.5 Å². The number of hydrogen-bond donors (Lipinski definition) is 3. The third kappa shape index (κ3) is 11.1. The fourth-order valence-corrected chi connectivity index (χ4v) is 11.9. The Hall–Kier alpha value is -8.21. The summed E-state index contributed by atoms with van der Waals surface area (Å²) in [5.74, 6) is -0.249. The largest absolute Gasteiger partial charge is 0.493 e. The number of carbonyl (C=O) groups excluding carboxylic acids is 4. The number of nitrogens with zero attached hydrogens (tertiary/aromatic N) is 8. The number of anilines is 8. The Morgan fingerprint density at radius 1 is 0.848 bits per heavy atom. The number of hydrogen-bond acceptors (Lipinski definition) is 14. The summed E-state index contributed by atoms with van der Waals surface area (Å²) in [7, 11) is -2.41. The topological polar surface area (TPSA) is 228 Å². The number of aromatic nitrogens is 4. The molecule has 4 N–H and O–H groups in total. The summed E-state index contributed by atoms with van der Waals surface area (Å²) >= 11 is 0. The van der Waals surface area contributed by atoms with Gasteiger partial charge in [0.2, 0.25) is 21.9 Å². The Morgan fingerprint density at radius 3 is 2.24 bits per heavy atom. The summed E-state index contributed by atoms with van der Waals surface area (Å²) in [5.41, 5.74) is 6.82. The molecule has 19 nitrogen and oxygen atoms in total. The number of ketones is 1. The van der Waals surface area contributed by atoms with Crippen LogP contribution in [-0.2, 0) is 27.4 Å². The third-order valence-electron chi connectivity index (χ3n) is 14.9. The van der Waals surface area contributed by atoms with Crippen molar-refractivity contribution in [1.29, 1.82) is 0 Å². The maximum absolute atomic E-state index is 14.2. The number of fused-ring (bicyclic) bond motifs is 3. The van der Waals surface area contributed by atoms with E-state index in [-0.39, 0.29) is 81.9 Å². The average Bonchev–Trinajstić information content (AvgIpc) is 4.01. The highest BCUT2D eigenvalue weighted by Crippen LogP contribution is 2.44. The van der Waals surface area contributed by atoms with Crippen molar-refractivity contribution in [2.24, 2.45) is 23.0 Å². The first-order chi connectivity index (χ1) is 37.6. The van der Waals surface area contributed by atoms with E-state index in [1.807, 2.05) is 43.9 Å². The molecular weight excluding hydrogens is 1040 g/mol. The van der Waals surface area contributed by atoms with E-state index in [9.17, 15) is 40.8 Å². The third-order valence-corrected chi connectivity index (χ3v) is 15.9. The van der Waals surface area contributed by atoms with Gasteiger partial charge in [-0.3, -0.25) is 19.2 Å². The molecule has 414 valence electrons. The lowest BCUT2D eigenvalue weighted by atomic mass is 9.75. The standard InChI is InChI=1S/C56H60F3N11O8S/c1-6-77-47-28-36(14-18-41(47)63-54-61-31-45-51(64-54)70(79(5,75)76)43-10-8-7-9-40(43)53(74)66(45)4)67-25-21-34(22-26-67)52(73)68-23-19-33(20-24-68)32-78-38-15-11-35(12-16-38)62-42-27-37(13-17-39(42)50(60)72)69-44-29-55(2,3)30-46(71)48(44)49(65-69)56(57,58)59/h7-18,27-28,31,33-34,62H,6,19-26,29-30,32H2,1-5H3,(H2,60,72)(H,61,63,64). The lowest BCUT2D eigenvalue weighted by Crippen LogP contribution is -2.46. The van der Waals surface area contributed by atoms with Crippen molar-refractivity contribution >= 4 is 79.4 Å². The number of sulfonamides is 1. The van der Waals surface area contributed by atoms with Crippen LogP contribution in [0.1, 0.15) is 95.3 Å². The van der Waals surface area contributed by atoms with Gasteiger partial charge in [0.15, 0.2) is 17.3 Å². The van der Waals surface area contributed by atoms with Crippen LogP contribution in [0.4, 0.5) is 59.1 Å². The van der Waals surface area contributed by atoms with Gasteiger partial charge in [0, 0.05) is 63.0 Å². The minimum atomic E-state index is -4.85. The molecule has 6 aromatic rings. The molecule has 0 saturated carbocycles. The van der Waals surface area contributed by atoms with Crippen molar-refractivity contribution < 1.29 is 50.2 Å². The molecule has 79 heavy (non-hydrogen) atoms. The number of halogens is 3. The first kappa shape index (κ1) is 54.2. The molecule has 23 heteroatoms. The van der Waals surface area contributed by atoms with Gasteiger partial charge in [0.1, 0.15) is 17.2 Å². The smallest absolute Gasteiger partial charge is 0.435 e. The Kier molecular flexibility index (Phi) is 14.5. The SMILES string of the molecule is CCOc1cc(N2CCC(C(=O)N3CCC(COc4ccc(Nc5cc(-n6nc(C(F)(F)F)c7c6CC(C)(C)CC7=O)ccc5C(N)=O)cc4)CC3)CC2)ccc1Nc1ncc2c(n1)N(S(C)(=O)=O)c1ccccc1C(=O)N2C. The molecule has 0 radical (unpaired) electrons. The summed E-state index contributed by atoms with van der Waals surface area (Å²) in [4.78, 5) is 67.4. The molecule has 4 aromatic carbocycles. The highest BCUT2D eigenvalue weighted by atomic mass is 32.2. The van der Waals surface area contributed by atoms with Gasteiger partial charge in [-0.15, -0.1) is 0 Å². The molecule has 0 atom stereocenters.